The molecule has 0 unspecified atom stereocenters. The van der Waals surface area contributed by atoms with Crippen LogP contribution in [-0.4, -0.2) is 40.8 Å². The van der Waals surface area contributed by atoms with Crippen molar-refractivity contribution < 1.29 is 9.32 Å². The Morgan fingerprint density at radius 3 is 2.53 bits per heavy atom. The van der Waals surface area contributed by atoms with E-state index < -0.39 is 0 Å². The molecule has 0 radical (unpaired) electrons. The molecule has 32 heavy (non-hydrogen) atoms. The lowest BCUT2D eigenvalue weighted by molar-refractivity contribution is 0.102. The number of hydrogen-bond donors (Lipinski definition) is 1. The highest BCUT2D eigenvalue weighted by Crippen LogP contribution is 2.25. The van der Waals surface area contributed by atoms with E-state index in [1.165, 1.54) is 6.20 Å². The molecule has 1 N–H and O–H groups in total. The molecular formula is C21H25ClN8O2. The second-order valence-electron chi connectivity index (χ2n) is 8.42. The molecule has 4 aromatic heterocycles. The van der Waals surface area contributed by atoms with Gasteiger partial charge in [0, 0.05) is 36.0 Å². The first-order valence-electron chi connectivity index (χ1n) is 9.80. The van der Waals surface area contributed by atoms with Gasteiger partial charge in [-0.1, -0.05) is 31.1 Å². The topological polar surface area (TPSA) is 117 Å². The number of nitrogens with zero attached hydrogens (tertiary/aromatic N) is 7. The van der Waals surface area contributed by atoms with E-state index in [-0.39, 0.29) is 23.7 Å². The van der Waals surface area contributed by atoms with Crippen molar-refractivity contribution in [3.05, 3.63) is 53.4 Å². The maximum Gasteiger partial charge on any atom is 0.258 e. The smallest absolute Gasteiger partial charge is 0.258 e. The predicted molar refractivity (Wildman–Crippen MR) is 121 cm³/mol. The molecule has 0 atom stereocenters. The summed E-state index contributed by atoms with van der Waals surface area (Å²) in [5.41, 5.74) is 4.11. The van der Waals surface area contributed by atoms with Gasteiger partial charge < -0.3 is 9.84 Å². The zero-order valence-corrected chi connectivity index (χ0v) is 19.6. The van der Waals surface area contributed by atoms with Crippen molar-refractivity contribution in [3.63, 3.8) is 0 Å². The summed E-state index contributed by atoms with van der Waals surface area (Å²) in [6, 6.07) is 3.44. The lowest BCUT2D eigenvalue weighted by Gasteiger charge is -2.12. The normalized spacial score (nSPS) is 11.3. The molecule has 0 aliphatic carbocycles. The molecule has 0 saturated carbocycles. The van der Waals surface area contributed by atoms with Crippen LogP contribution < -0.4 is 5.32 Å². The summed E-state index contributed by atoms with van der Waals surface area (Å²) in [4.78, 5) is 17.1. The number of nitrogens with one attached hydrogen (secondary N) is 1. The predicted octanol–water partition coefficient (Wildman–Crippen LogP) is 3.64. The Morgan fingerprint density at radius 2 is 1.91 bits per heavy atom. The molecule has 0 saturated heterocycles. The van der Waals surface area contributed by atoms with Gasteiger partial charge in [0.15, 0.2) is 5.82 Å². The fourth-order valence-corrected chi connectivity index (χ4v) is 3.01. The highest BCUT2D eigenvalue weighted by Gasteiger charge is 2.21. The van der Waals surface area contributed by atoms with Crippen LogP contribution in [0.25, 0.3) is 16.9 Å². The molecule has 4 heterocycles. The molecule has 1 amide bonds. The fourth-order valence-electron chi connectivity index (χ4n) is 3.01. The number of carbonyl (C=O) groups excluding carboxylic acids is 1. The number of aryl methyl sites for hydroxylation is 2. The van der Waals surface area contributed by atoms with E-state index in [1.807, 2.05) is 41.7 Å². The van der Waals surface area contributed by atoms with E-state index in [1.54, 1.807) is 33.9 Å². The Morgan fingerprint density at radius 1 is 1.16 bits per heavy atom. The first-order valence-corrected chi connectivity index (χ1v) is 9.80. The SMILES string of the molecule is Cc1ncc(C(=O)Nc2cc(C(C)(C)C)on2)cc1-n1cc(-c2cnn(C)c2C)nn1.Cl. The Hall–Kier alpha value is -3.53. The minimum atomic E-state index is -0.342. The molecule has 0 aliphatic rings. The van der Waals surface area contributed by atoms with Crippen LogP contribution in [0.4, 0.5) is 5.82 Å². The number of carbonyl (C=O) groups is 1. The zero-order valence-electron chi connectivity index (χ0n) is 18.7. The monoisotopic (exact) mass is 456 g/mol. The van der Waals surface area contributed by atoms with Gasteiger partial charge in [-0.15, -0.1) is 17.5 Å². The first kappa shape index (κ1) is 23.1. The van der Waals surface area contributed by atoms with E-state index in [9.17, 15) is 4.79 Å². The lowest BCUT2D eigenvalue weighted by atomic mass is 9.93. The van der Waals surface area contributed by atoms with E-state index in [4.69, 9.17) is 4.52 Å². The van der Waals surface area contributed by atoms with Crippen LogP contribution in [-0.2, 0) is 12.5 Å². The van der Waals surface area contributed by atoms with E-state index in [0.717, 1.165) is 11.3 Å². The van der Waals surface area contributed by atoms with Crippen LogP contribution >= 0.6 is 12.4 Å². The summed E-state index contributed by atoms with van der Waals surface area (Å²) in [6.45, 7) is 9.84. The summed E-state index contributed by atoms with van der Waals surface area (Å²) in [5.74, 6) is 0.699. The average molecular weight is 457 g/mol. The minimum Gasteiger partial charge on any atom is -0.359 e. The highest BCUT2D eigenvalue weighted by molar-refractivity contribution is 6.03. The van der Waals surface area contributed by atoms with Crippen molar-refractivity contribution in [3.8, 4) is 16.9 Å². The second-order valence-corrected chi connectivity index (χ2v) is 8.42. The van der Waals surface area contributed by atoms with Crippen molar-refractivity contribution in [1.29, 1.82) is 0 Å². The molecule has 168 valence electrons. The first-order chi connectivity index (χ1) is 14.6. The van der Waals surface area contributed by atoms with Gasteiger partial charge >= 0.3 is 0 Å². The summed E-state index contributed by atoms with van der Waals surface area (Å²) in [7, 11) is 1.87. The maximum atomic E-state index is 12.8. The van der Waals surface area contributed by atoms with Gasteiger partial charge in [-0.25, -0.2) is 4.68 Å². The Kier molecular flexibility index (Phi) is 6.18. The molecule has 0 spiro atoms. The standard InChI is InChI=1S/C21H24N8O2.ClH/c1-12-17(29-11-16(25-27-29)15-10-23-28(6)13(15)2)7-14(9-22-12)20(30)24-19-8-18(31-26-19)21(3,4)5;/h7-11H,1-6H3,(H,24,26,30);1H. The number of hydrogen-bond acceptors (Lipinski definition) is 7. The van der Waals surface area contributed by atoms with Gasteiger partial charge in [-0.05, 0) is 19.9 Å². The quantitative estimate of drug-likeness (QED) is 0.498. The molecule has 11 heteroatoms. The van der Waals surface area contributed by atoms with Gasteiger partial charge in [-0.2, -0.15) is 5.10 Å². The van der Waals surface area contributed by atoms with Crippen LogP contribution in [0.5, 0.6) is 0 Å². The molecule has 4 aromatic rings. The van der Waals surface area contributed by atoms with E-state index >= 15 is 0 Å². The second kappa shape index (κ2) is 8.54. The number of aromatic nitrogens is 7. The number of rotatable bonds is 4. The third-order valence-corrected chi connectivity index (χ3v) is 5.06. The Labute approximate surface area is 191 Å². The summed E-state index contributed by atoms with van der Waals surface area (Å²) >= 11 is 0. The van der Waals surface area contributed by atoms with Gasteiger partial charge in [0.2, 0.25) is 0 Å². The van der Waals surface area contributed by atoms with Crippen molar-refractivity contribution in [2.75, 3.05) is 5.32 Å². The van der Waals surface area contributed by atoms with Crippen molar-refractivity contribution in [2.24, 2.45) is 7.05 Å². The summed E-state index contributed by atoms with van der Waals surface area (Å²) in [6.07, 6.45) is 5.06. The highest BCUT2D eigenvalue weighted by atomic mass is 35.5. The van der Waals surface area contributed by atoms with E-state index in [2.05, 4.69) is 30.9 Å². The van der Waals surface area contributed by atoms with Crippen molar-refractivity contribution in [2.45, 2.75) is 40.0 Å². The minimum absolute atomic E-state index is 0. The number of pyridine rings is 1. The molecular weight excluding hydrogens is 432 g/mol. The van der Waals surface area contributed by atoms with Gasteiger partial charge in [-0.3, -0.25) is 14.5 Å². The molecule has 10 nitrogen and oxygen atoms in total. The molecule has 4 rings (SSSR count). The number of amides is 1. The summed E-state index contributed by atoms with van der Waals surface area (Å²) in [5, 5.41) is 19.4. The van der Waals surface area contributed by atoms with Crippen molar-refractivity contribution >= 4 is 24.1 Å². The van der Waals surface area contributed by atoms with Crippen LogP contribution in [0.2, 0.25) is 0 Å². The van der Waals surface area contributed by atoms with Gasteiger partial charge in [0.25, 0.3) is 5.91 Å². The maximum absolute atomic E-state index is 12.8. The lowest BCUT2D eigenvalue weighted by Crippen LogP contribution is -2.14. The van der Waals surface area contributed by atoms with Crippen LogP contribution in [0.3, 0.4) is 0 Å². The third-order valence-electron chi connectivity index (χ3n) is 5.06. The Bertz CT molecular complexity index is 1270. The van der Waals surface area contributed by atoms with Crippen molar-refractivity contribution in [1.82, 2.24) is 34.9 Å². The fraction of sp³-hybridized carbons (Fsp3) is 0.333. The van der Waals surface area contributed by atoms with E-state index in [0.29, 0.717) is 34.2 Å². The van der Waals surface area contributed by atoms with Gasteiger partial charge in [0.05, 0.1) is 29.3 Å². The molecule has 0 aromatic carbocycles. The number of anilines is 1. The zero-order chi connectivity index (χ0) is 22.3. The van der Waals surface area contributed by atoms with Crippen LogP contribution in [0.15, 0.2) is 35.2 Å². The number of halogens is 1. The Balaban J connectivity index is 0.00000289. The average Bonchev–Trinajstić information content (AvgIpc) is 3.43. The summed E-state index contributed by atoms with van der Waals surface area (Å²) < 4.78 is 8.71. The largest absolute Gasteiger partial charge is 0.359 e. The van der Waals surface area contributed by atoms with Crippen LogP contribution in [0.1, 0.15) is 48.3 Å². The molecule has 0 fully saturated rings. The van der Waals surface area contributed by atoms with Gasteiger partial charge in [0.1, 0.15) is 11.5 Å². The third kappa shape index (κ3) is 4.40. The molecule has 0 aliphatic heterocycles. The molecule has 0 bridgehead atoms. The van der Waals surface area contributed by atoms with Crippen LogP contribution in [0, 0.1) is 13.8 Å².